The van der Waals surface area contributed by atoms with Gasteiger partial charge in [0.1, 0.15) is 5.82 Å². The fourth-order valence-corrected chi connectivity index (χ4v) is 2.77. The summed E-state index contributed by atoms with van der Waals surface area (Å²) in [6, 6.07) is 11.2. The van der Waals surface area contributed by atoms with Crippen molar-refractivity contribution < 1.29 is 19.4 Å². The molecule has 0 unspecified atom stereocenters. The predicted molar refractivity (Wildman–Crippen MR) is 107 cm³/mol. The van der Waals surface area contributed by atoms with Crippen molar-refractivity contribution in [1.82, 2.24) is 9.78 Å². The van der Waals surface area contributed by atoms with Crippen molar-refractivity contribution in [2.45, 2.75) is 13.8 Å². The molecule has 0 saturated heterocycles. The Morgan fingerprint density at radius 3 is 2.40 bits per heavy atom. The summed E-state index contributed by atoms with van der Waals surface area (Å²) in [5, 5.41) is 29.1. The number of ether oxygens (including phenoxy) is 1. The number of aromatic nitrogens is 2. The highest BCUT2D eigenvalue weighted by atomic mass is 16.6. The number of carbonyl (C=O) groups excluding carboxylic acids is 1. The maximum atomic E-state index is 12.7. The third-order valence-corrected chi connectivity index (χ3v) is 4.10. The third-order valence-electron chi connectivity index (χ3n) is 4.10. The first-order valence-electron chi connectivity index (χ1n) is 8.84. The molecule has 3 aromatic rings. The van der Waals surface area contributed by atoms with Crippen LogP contribution in [0.25, 0.3) is 5.69 Å². The van der Waals surface area contributed by atoms with Crippen LogP contribution in [0.1, 0.15) is 23.0 Å². The standard InChI is InChI=1S/C19H17N5O6/c1-3-30-17-9-4-13(11-16(17)24(28)29)19(25)20-18-10-12(2)21-22(18)14-5-7-15(8-6-14)23(26)27/h4-11H,3H2,1-2H3,(H,20,25). The van der Waals surface area contributed by atoms with Crippen molar-refractivity contribution in [2.24, 2.45) is 0 Å². The zero-order chi connectivity index (χ0) is 21.8. The molecule has 0 aliphatic rings. The number of nitro benzene ring substituents is 2. The molecular formula is C19H17N5O6. The Hall–Kier alpha value is -4.28. The number of hydrogen-bond acceptors (Lipinski definition) is 7. The maximum Gasteiger partial charge on any atom is 0.311 e. The van der Waals surface area contributed by atoms with Crippen molar-refractivity contribution in [3.05, 3.63) is 80.0 Å². The van der Waals surface area contributed by atoms with Crippen LogP contribution in [0.2, 0.25) is 0 Å². The number of nitrogens with one attached hydrogen (secondary N) is 1. The molecule has 1 N–H and O–H groups in total. The Balaban J connectivity index is 1.90. The van der Waals surface area contributed by atoms with E-state index in [1.165, 1.54) is 41.1 Å². The highest BCUT2D eigenvalue weighted by Crippen LogP contribution is 2.28. The predicted octanol–water partition coefficient (Wildman–Crippen LogP) is 3.65. The largest absolute Gasteiger partial charge is 0.487 e. The first kappa shape index (κ1) is 20.5. The average molecular weight is 411 g/mol. The second-order valence-corrected chi connectivity index (χ2v) is 6.18. The Bertz CT molecular complexity index is 1120. The molecule has 0 aliphatic heterocycles. The Morgan fingerprint density at radius 2 is 1.80 bits per heavy atom. The zero-order valence-electron chi connectivity index (χ0n) is 16.1. The van der Waals surface area contributed by atoms with Gasteiger partial charge in [-0.3, -0.25) is 25.0 Å². The number of nitro groups is 2. The highest BCUT2D eigenvalue weighted by Gasteiger charge is 2.20. The normalized spacial score (nSPS) is 10.5. The van der Waals surface area contributed by atoms with Gasteiger partial charge in [0.05, 0.1) is 27.8 Å². The van der Waals surface area contributed by atoms with Gasteiger partial charge in [0, 0.05) is 29.8 Å². The average Bonchev–Trinajstić information content (AvgIpc) is 3.08. The first-order chi connectivity index (χ1) is 14.3. The number of aryl methyl sites for hydroxylation is 1. The molecule has 154 valence electrons. The first-order valence-corrected chi connectivity index (χ1v) is 8.84. The second-order valence-electron chi connectivity index (χ2n) is 6.18. The van der Waals surface area contributed by atoms with Gasteiger partial charge in [-0.2, -0.15) is 5.10 Å². The van der Waals surface area contributed by atoms with Gasteiger partial charge in [-0.25, -0.2) is 4.68 Å². The van der Waals surface area contributed by atoms with Gasteiger partial charge in [-0.1, -0.05) is 0 Å². The van der Waals surface area contributed by atoms with Gasteiger partial charge >= 0.3 is 5.69 Å². The lowest BCUT2D eigenvalue weighted by Gasteiger charge is -2.10. The van der Waals surface area contributed by atoms with Gasteiger partial charge in [0.2, 0.25) is 0 Å². The Kier molecular flexibility index (Phi) is 5.72. The molecule has 30 heavy (non-hydrogen) atoms. The molecule has 0 spiro atoms. The van der Waals surface area contributed by atoms with E-state index < -0.39 is 15.8 Å². The Labute approximate surface area is 170 Å². The van der Waals surface area contributed by atoms with E-state index in [9.17, 15) is 25.0 Å². The van der Waals surface area contributed by atoms with Crippen molar-refractivity contribution in [1.29, 1.82) is 0 Å². The van der Waals surface area contributed by atoms with Crippen LogP contribution in [0.15, 0.2) is 48.5 Å². The Morgan fingerprint density at radius 1 is 1.10 bits per heavy atom. The van der Waals surface area contributed by atoms with Crippen LogP contribution >= 0.6 is 0 Å². The van der Waals surface area contributed by atoms with Crippen LogP contribution < -0.4 is 10.1 Å². The van der Waals surface area contributed by atoms with Gasteiger partial charge < -0.3 is 10.1 Å². The van der Waals surface area contributed by atoms with E-state index in [-0.39, 0.29) is 29.3 Å². The molecule has 1 heterocycles. The summed E-state index contributed by atoms with van der Waals surface area (Å²) in [5.41, 5.74) is 0.779. The van der Waals surface area contributed by atoms with Crippen LogP contribution in [0.4, 0.5) is 17.2 Å². The summed E-state index contributed by atoms with van der Waals surface area (Å²) in [6.07, 6.45) is 0. The van der Waals surface area contributed by atoms with Crippen LogP contribution in [-0.2, 0) is 0 Å². The van der Waals surface area contributed by atoms with E-state index in [4.69, 9.17) is 4.74 Å². The van der Waals surface area contributed by atoms with Gasteiger partial charge in [0.25, 0.3) is 11.6 Å². The van der Waals surface area contributed by atoms with Crippen LogP contribution in [-0.4, -0.2) is 32.1 Å². The summed E-state index contributed by atoms with van der Waals surface area (Å²) in [4.78, 5) is 33.7. The summed E-state index contributed by atoms with van der Waals surface area (Å²) in [7, 11) is 0. The highest BCUT2D eigenvalue weighted by molar-refractivity contribution is 6.04. The second kappa shape index (κ2) is 8.39. The fourth-order valence-electron chi connectivity index (χ4n) is 2.77. The number of carbonyl (C=O) groups is 1. The van der Waals surface area contributed by atoms with E-state index in [2.05, 4.69) is 10.4 Å². The number of anilines is 1. The van der Waals surface area contributed by atoms with Crippen LogP contribution in [0.3, 0.4) is 0 Å². The quantitative estimate of drug-likeness (QED) is 0.462. The van der Waals surface area contributed by atoms with Crippen molar-refractivity contribution in [2.75, 3.05) is 11.9 Å². The minimum absolute atomic E-state index is 0.0688. The fraction of sp³-hybridized carbons (Fsp3) is 0.158. The molecule has 2 aromatic carbocycles. The maximum absolute atomic E-state index is 12.7. The lowest BCUT2D eigenvalue weighted by atomic mass is 10.1. The molecule has 0 saturated carbocycles. The summed E-state index contributed by atoms with van der Waals surface area (Å²) in [5.74, 6) is -0.196. The molecule has 0 aliphatic carbocycles. The monoisotopic (exact) mass is 411 g/mol. The summed E-state index contributed by atoms with van der Waals surface area (Å²) >= 11 is 0. The minimum Gasteiger partial charge on any atom is -0.487 e. The van der Waals surface area contributed by atoms with E-state index in [0.29, 0.717) is 17.2 Å². The van der Waals surface area contributed by atoms with Gasteiger partial charge in [0.15, 0.2) is 5.75 Å². The minimum atomic E-state index is -0.618. The van der Waals surface area contributed by atoms with Crippen molar-refractivity contribution in [3.63, 3.8) is 0 Å². The van der Waals surface area contributed by atoms with Crippen LogP contribution in [0.5, 0.6) is 5.75 Å². The molecule has 1 amide bonds. The number of nitrogens with zero attached hydrogens (tertiary/aromatic N) is 4. The van der Waals surface area contributed by atoms with E-state index in [1.54, 1.807) is 19.9 Å². The molecule has 0 fully saturated rings. The van der Waals surface area contributed by atoms with Crippen molar-refractivity contribution in [3.8, 4) is 11.4 Å². The lowest BCUT2D eigenvalue weighted by molar-refractivity contribution is -0.385. The number of rotatable bonds is 7. The van der Waals surface area contributed by atoms with Crippen LogP contribution in [0, 0.1) is 27.2 Å². The molecule has 0 bridgehead atoms. The molecule has 11 heteroatoms. The molecular weight excluding hydrogens is 394 g/mol. The summed E-state index contributed by atoms with van der Waals surface area (Å²) < 4.78 is 6.64. The number of benzene rings is 2. The zero-order valence-corrected chi connectivity index (χ0v) is 16.1. The van der Waals surface area contributed by atoms with Gasteiger partial charge in [-0.15, -0.1) is 0 Å². The van der Waals surface area contributed by atoms with E-state index in [0.717, 1.165) is 6.07 Å². The molecule has 0 atom stereocenters. The molecule has 0 radical (unpaired) electrons. The molecule has 1 aromatic heterocycles. The van der Waals surface area contributed by atoms with Crippen molar-refractivity contribution >= 4 is 23.1 Å². The molecule has 3 rings (SSSR count). The SMILES string of the molecule is CCOc1ccc(C(=O)Nc2cc(C)nn2-c2ccc([N+](=O)[O-])cc2)cc1[N+](=O)[O-]. The molecule has 11 nitrogen and oxygen atoms in total. The number of non-ortho nitro benzene ring substituents is 1. The van der Waals surface area contributed by atoms with E-state index in [1.807, 2.05) is 0 Å². The van der Waals surface area contributed by atoms with Gasteiger partial charge in [-0.05, 0) is 38.1 Å². The number of amides is 1. The third kappa shape index (κ3) is 4.24. The van der Waals surface area contributed by atoms with E-state index >= 15 is 0 Å². The number of hydrogen-bond donors (Lipinski definition) is 1. The smallest absolute Gasteiger partial charge is 0.311 e. The lowest BCUT2D eigenvalue weighted by Crippen LogP contribution is -2.15. The summed E-state index contributed by atoms with van der Waals surface area (Å²) in [6.45, 7) is 3.67. The topological polar surface area (TPSA) is 142 Å².